The van der Waals surface area contributed by atoms with Crippen molar-refractivity contribution >= 4 is 0 Å². The van der Waals surface area contributed by atoms with Crippen LogP contribution in [0, 0.1) is 13.8 Å². The molecule has 0 saturated carbocycles. The van der Waals surface area contributed by atoms with Crippen LogP contribution in [0.4, 0.5) is 0 Å². The highest BCUT2D eigenvalue weighted by molar-refractivity contribution is 5.06. The van der Waals surface area contributed by atoms with Gasteiger partial charge in [0, 0.05) is 31.4 Å². The average molecular weight is 355 g/mol. The van der Waals surface area contributed by atoms with Crippen molar-refractivity contribution in [2.75, 3.05) is 13.1 Å². The second-order valence-electron chi connectivity index (χ2n) is 7.12. The molecule has 0 bridgehead atoms. The maximum atomic E-state index is 5.33. The van der Waals surface area contributed by atoms with Gasteiger partial charge < -0.3 is 13.7 Å². The van der Waals surface area contributed by atoms with E-state index in [0.717, 1.165) is 61.4 Å². The maximum Gasteiger partial charge on any atom is 0.152 e. The van der Waals surface area contributed by atoms with Gasteiger partial charge in [-0.3, -0.25) is 4.90 Å². The van der Waals surface area contributed by atoms with Crippen molar-refractivity contribution in [1.82, 2.24) is 34.4 Å². The molecule has 0 radical (unpaired) electrons. The van der Waals surface area contributed by atoms with Crippen LogP contribution in [0.1, 0.15) is 47.7 Å². The van der Waals surface area contributed by atoms with Crippen molar-refractivity contribution in [1.29, 1.82) is 0 Å². The van der Waals surface area contributed by atoms with Crippen LogP contribution in [0.25, 0.3) is 0 Å². The fourth-order valence-electron chi connectivity index (χ4n) is 3.65. The second-order valence-corrected chi connectivity index (χ2v) is 7.12. The van der Waals surface area contributed by atoms with Crippen molar-refractivity contribution in [2.45, 2.75) is 45.7 Å². The minimum absolute atomic E-state index is 0.456. The maximum absolute atomic E-state index is 5.33. The number of aryl methyl sites for hydroxylation is 2. The number of piperidine rings is 1. The van der Waals surface area contributed by atoms with E-state index in [2.05, 4.69) is 41.4 Å². The van der Waals surface area contributed by atoms with Crippen molar-refractivity contribution in [3.8, 4) is 0 Å². The Kier molecular flexibility index (Phi) is 4.58. The van der Waals surface area contributed by atoms with E-state index in [4.69, 9.17) is 4.52 Å². The summed E-state index contributed by atoms with van der Waals surface area (Å²) >= 11 is 0. The third kappa shape index (κ3) is 3.41. The highest BCUT2D eigenvalue weighted by Crippen LogP contribution is 2.27. The molecule has 8 heteroatoms. The summed E-state index contributed by atoms with van der Waals surface area (Å²) in [5.41, 5.74) is 0.939. The van der Waals surface area contributed by atoms with Crippen LogP contribution in [0.3, 0.4) is 0 Å². The van der Waals surface area contributed by atoms with Crippen LogP contribution in [-0.2, 0) is 20.1 Å². The summed E-state index contributed by atoms with van der Waals surface area (Å²) in [4.78, 5) is 6.69. The Morgan fingerprint density at radius 2 is 1.96 bits per heavy atom. The Morgan fingerprint density at radius 3 is 2.62 bits per heavy atom. The molecule has 4 heterocycles. The highest BCUT2D eigenvalue weighted by atomic mass is 16.5. The molecule has 0 spiro atoms. The van der Waals surface area contributed by atoms with Crippen molar-refractivity contribution in [3.63, 3.8) is 0 Å². The van der Waals surface area contributed by atoms with E-state index in [1.165, 1.54) is 0 Å². The summed E-state index contributed by atoms with van der Waals surface area (Å²) in [6.45, 7) is 7.57. The molecule has 0 N–H and O–H groups in total. The van der Waals surface area contributed by atoms with Crippen LogP contribution in [0.15, 0.2) is 23.0 Å². The second kappa shape index (κ2) is 7.03. The van der Waals surface area contributed by atoms with Gasteiger partial charge in [-0.2, -0.15) is 0 Å². The number of rotatable bonds is 5. The molecular formula is C18H25N7O. The van der Waals surface area contributed by atoms with Crippen LogP contribution < -0.4 is 0 Å². The van der Waals surface area contributed by atoms with E-state index in [-0.39, 0.29) is 0 Å². The number of likely N-dealkylation sites (tertiary alicyclic amines) is 1. The Hall–Kier alpha value is -2.48. The SMILES string of the molecule is Cc1cc(CN2CCC(c3nnc(Cn4ccnc4C)n3C)CC2)on1. The number of hydrogen-bond donors (Lipinski definition) is 0. The standard InChI is InChI=1S/C18H25N7O/c1-13-10-16(26-22-13)11-24-7-4-15(5-8-24)18-21-20-17(23(18)3)12-25-9-6-19-14(25)2/h6,9-10,15H,4-5,7-8,11-12H2,1-3H3. The van der Waals surface area contributed by atoms with Gasteiger partial charge in [0.2, 0.25) is 0 Å². The lowest BCUT2D eigenvalue weighted by atomic mass is 9.96. The zero-order chi connectivity index (χ0) is 18.1. The molecule has 1 fully saturated rings. The fourth-order valence-corrected chi connectivity index (χ4v) is 3.65. The quantitative estimate of drug-likeness (QED) is 0.697. The molecular weight excluding hydrogens is 330 g/mol. The first-order valence-corrected chi connectivity index (χ1v) is 9.10. The normalized spacial score (nSPS) is 16.4. The Morgan fingerprint density at radius 1 is 1.15 bits per heavy atom. The van der Waals surface area contributed by atoms with Gasteiger partial charge in [0.15, 0.2) is 11.6 Å². The molecule has 26 heavy (non-hydrogen) atoms. The molecule has 0 amide bonds. The number of hydrogen-bond acceptors (Lipinski definition) is 6. The predicted octanol–water partition coefficient (Wildman–Crippen LogP) is 2.04. The van der Waals surface area contributed by atoms with Crippen LogP contribution >= 0.6 is 0 Å². The lowest BCUT2D eigenvalue weighted by Crippen LogP contribution is -2.33. The van der Waals surface area contributed by atoms with E-state index < -0.39 is 0 Å². The molecule has 1 aliphatic rings. The summed E-state index contributed by atoms with van der Waals surface area (Å²) in [5, 5.41) is 12.9. The largest absolute Gasteiger partial charge is 0.360 e. The van der Waals surface area contributed by atoms with E-state index in [1.807, 2.05) is 32.3 Å². The summed E-state index contributed by atoms with van der Waals surface area (Å²) in [6, 6.07) is 2.01. The van der Waals surface area contributed by atoms with E-state index in [9.17, 15) is 0 Å². The van der Waals surface area contributed by atoms with Gasteiger partial charge >= 0.3 is 0 Å². The summed E-state index contributed by atoms with van der Waals surface area (Å²) in [6.07, 6.45) is 5.97. The lowest BCUT2D eigenvalue weighted by Gasteiger charge is -2.30. The number of nitrogens with zero attached hydrogens (tertiary/aromatic N) is 7. The zero-order valence-electron chi connectivity index (χ0n) is 15.6. The van der Waals surface area contributed by atoms with Gasteiger partial charge in [0.25, 0.3) is 0 Å². The fraction of sp³-hybridized carbons (Fsp3) is 0.556. The molecule has 4 rings (SSSR count). The Balaban J connectivity index is 1.38. The van der Waals surface area contributed by atoms with Crippen LogP contribution in [0.2, 0.25) is 0 Å². The zero-order valence-corrected chi connectivity index (χ0v) is 15.6. The predicted molar refractivity (Wildman–Crippen MR) is 95.6 cm³/mol. The van der Waals surface area contributed by atoms with E-state index in [0.29, 0.717) is 12.5 Å². The summed E-state index contributed by atoms with van der Waals surface area (Å²) < 4.78 is 9.58. The highest BCUT2D eigenvalue weighted by Gasteiger charge is 2.25. The number of imidazole rings is 1. The monoisotopic (exact) mass is 355 g/mol. The molecule has 0 aromatic carbocycles. The van der Waals surface area contributed by atoms with Crippen molar-refractivity contribution in [2.24, 2.45) is 7.05 Å². The minimum atomic E-state index is 0.456. The molecule has 1 aliphatic heterocycles. The Bertz CT molecular complexity index is 870. The number of aromatic nitrogens is 6. The molecule has 138 valence electrons. The van der Waals surface area contributed by atoms with Crippen LogP contribution in [-0.4, -0.2) is 47.5 Å². The minimum Gasteiger partial charge on any atom is -0.360 e. The van der Waals surface area contributed by atoms with E-state index >= 15 is 0 Å². The molecule has 3 aromatic heterocycles. The van der Waals surface area contributed by atoms with Crippen molar-refractivity contribution in [3.05, 3.63) is 47.4 Å². The molecule has 1 saturated heterocycles. The lowest BCUT2D eigenvalue weighted by molar-refractivity contribution is 0.181. The first-order valence-electron chi connectivity index (χ1n) is 9.10. The van der Waals surface area contributed by atoms with Gasteiger partial charge in [0.1, 0.15) is 11.6 Å². The Labute approximate surface area is 152 Å². The van der Waals surface area contributed by atoms with E-state index in [1.54, 1.807) is 0 Å². The topological polar surface area (TPSA) is 77.8 Å². The van der Waals surface area contributed by atoms with Gasteiger partial charge in [-0.15, -0.1) is 10.2 Å². The van der Waals surface area contributed by atoms with Gasteiger partial charge in [0.05, 0.1) is 18.8 Å². The molecule has 0 aliphatic carbocycles. The smallest absolute Gasteiger partial charge is 0.152 e. The third-order valence-corrected chi connectivity index (χ3v) is 5.24. The van der Waals surface area contributed by atoms with Gasteiger partial charge in [-0.25, -0.2) is 4.98 Å². The first-order chi connectivity index (χ1) is 12.6. The third-order valence-electron chi connectivity index (χ3n) is 5.24. The molecule has 0 atom stereocenters. The average Bonchev–Trinajstić information content (AvgIpc) is 3.32. The first kappa shape index (κ1) is 17.0. The molecule has 0 unspecified atom stereocenters. The van der Waals surface area contributed by atoms with Gasteiger partial charge in [-0.05, 0) is 39.8 Å². The summed E-state index contributed by atoms with van der Waals surface area (Å²) in [7, 11) is 2.07. The van der Waals surface area contributed by atoms with Gasteiger partial charge in [-0.1, -0.05) is 5.16 Å². The van der Waals surface area contributed by atoms with Crippen LogP contribution in [0.5, 0.6) is 0 Å². The molecule has 3 aromatic rings. The van der Waals surface area contributed by atoms with Crippen molar-refractivity contribution < 1.29 is 4.52 Å². The molecule has 8 nitrogen and oxygen atoms in total. The summed E-state index contributed by atoms with van der Waals surface area (Å²) in [5.74, 6) is 4.45.